The van der Waals surface area contributed by atoms with Crippen LogP contribution in [0.15, 0.2) is 59.5 Å². The molecule has 4 aromatic heterocycles. The Balaban J connectivity index is 0.000000967. The quantitative estimate of drug-likeness (QED) is 0.347. The number of anilines is 1. The molecule has 0 unspecified atom stereocenters. The molecule has 5 rings (SSSR count). The summed E-state index contributed by atoms with van der Waals surface area (Å²) in [7, 11) is 0. The van der Waals surface area contributed by atoms with Crippen molar-refractivity contribution in [1.82, 2.24) is 29.9 Å². The van der Waals surface area contributed by atoms with Crippen LogP contribution >= 0.6 is 0 Å². The summed E-state index contributed by atoms with van der Waals surface area (Å²) in [6.07, 6.45) is 6.77. The summed E-state index contributed by atoms with van der Waals surface area (Å²) in [5, 5.41) is 21.1. The molecule has 1 aliphatic rings. The molecule has 12 heteroatoms. The molecule has 3 N–H and O–H groups in total. The first-order valence-electron chi connectivity index (χ1n) is 11.2. The van der Waals surface area contributed by atoms with E-state index in [0.29, 0.717) is 35.9 Å². The van der Waals surface area contributed by atoms with Gasteiger partial charge in [-0.05, 0) is 24.3 Å². The van der Waals surface area contributed by atoms with Gasteiger partial charge in [0.1, 0.15) is 11.5 Å². The summed E-state index contributed by atoms with van der Waals surface area (Å²) in [5.74, 6) is 0.403. The van der Waals surface area contributed by atoms with Crippen molar-refractivity contribution in [2.45, 2.75) is 19.9 Å². The van der Waals surface area contributed by atoms with Gasteiger partial charge >= 0.3 is 0 Å². The topological polar surface area (TPSA) is 159 Å². The van der Waals surface area contributed by atoms with Crippen LogP contribution in [0.4, 0.5) is 5.69 Å². The van der Waals surface area contributed by atoms with Crippen molar-refractivity contribution in [3.63, 3.8) is 0 Å². The van der Waals surface area contributed by atoms with Crippen LogP contribution in [0.5, 0.6) is 0 Å². The second-order valence-corrected chi connectivity index (χ2v) is 8.35. The van der Waals surface area contributed by atoms with Crippen LogP contribution in [0.1, 0.15) is 30.4 Å². The minimum Gasteiger partial charge on any atom is -0.483 e. The fraction of sp³-hybridized carbons (Fsp3) is 0.250. The molecule has 186 valence electrons. The molecular weight excluding hydrogens is 466 g/mol. The Kier molecular flexibility index (Phi) is 7.23. The first-order valence-corrected chi connectivity index (χ1v) is 11.2. The van der Waals surface area contributed by atoms with Gasteiger partial charge in [-0.25, -0.2) is 0 Å². The average molecular weight is 492 g/mol. The number of carbonyl (C=O) groups is 3. The average Bonchev–Trinajstić information content (AvgIpc) is 3.60. The molecular formula is C24H25N7O5. The van der Waals surface area contributed by atoms with E-state index >= 15 is 0 Å². The maximum Gasteiger partial charge on any atom is 0.291 e. The van der Waals surface area contributed by atoms with Gasteiger partial charge in [0.2, 0.25) is 5.91 Å². The van der Waals surface area contributed by atoms with Gasteiger partial charge in [-0.1, -0.05) is 19.9 Å². The van der Waals surface area contributed by atoms with E-state index in [1.54, 1.807) is 41.6 Å². The maximum absolute atomic E-state index is 12.9. The Bertz CT molecular complexity index is 1320. The van der Waals surface area contributed by atoms with Crippen LogP contribution in [-0.4, -0.2) is 66.3 Å². The van der Waals surface area contributed by atoms with E-state index in [9.17, 15) is 9.59 Å². The summed E-state index contributed by atoms with van der Waals surface area (Å²) < 4.78 is 7.49. The van der Waals surface area contributed by atoms with E-state index in [-0.39, 0.29) is 30.1 Å². The smallest absolute Gasteiger partial charge is 0.291 e. The zero-order valence-corrected chi connectivity index (χ0v) is 19.7. The number of rotatable bonds is 6. The fourth-order valence-corrected chi connectivity index (χ4v) is 3.71. The number of aromatic nitrogens is 5. The van der Waals surface area contributed by atoms with Gasteiger partial charge in [-0.2, -0.15) is 10.2 Å². The summed E-state index contributed by atoms with van der Waals surface area (Å²) >= 11 is 0. The van der Waals surface area contributed by atoms with Gasteiger partial charge in [0.05, 0.1) is 29.2 Å². The molecule has 0 aliphatic carbocycles. The number of hydrogen-bond acceptors (Lipinski definition) is 7. The summed E-state index contributed by atoms with van der Waals surface area (Å²) in [6, 6.07) is 8.89. The molecule has 5 heterocycles. The summed E-state index contributed by atoms with van der Waals surface area (Å²) in [4.78, 5) is 39.7. The minimum atomic E-state index is -0.397. The molecule has 1 fully saturated rings. The molecule has 0 spiro atoms. The number of nitrogens with zero attached hydrogens (tertiary/aromatic N) is 5. The van der Waals surface area contributed by atoms with E-state index in [2.05, 4.69) is 20.5 Å². The standard InChI is InChI=1S/C23H23N7O3.CH2O2/c1-14(2)23(32)29-11-16(12-29)30-13-18(21(28-30)17-5-3-4-8-24-17)27-22(31)20-7-6-19(33-20)15-9-25-26-10-15;2-1-3/h3-10,13-14,16H,11-12H2,1-2H3,(H,25,26)(H,27,31);1H,(H,2,3). The van der Waals surface area contributed by atoms with Gasteiger partial charge in [0, 0.05) is 37.6 Å². The van der Waals surface area contributed by atoms with Crippen LogP contribution in [0.25, 0.3) is 22.7 Å². The number of H-pyrrole nitrogens is 1. The first kappa shape index (κ1) is 24.4. The maximum atomic E-state index is 12.9. The molecule has 1 aliphatic heterocycles. The monoisotopic (exact) mass is 491 g/mol. The molecule has 1 saturated heterocycles. The van der Waals surface area contributed by atoms with Gasteiger partial charge in [-0.15, -0.1) is 0 Å². The second kappa shape index (κ2) is 10.7. The molecule has 0 radical (unpaired) electrons. The van der Waals surface area contributed by atoms with Crippen LogP contribution in [0, 0.1) is 5.92 Å². The predicted octanol–water partition coefficient (Wildman–Crippen LogP) is 2.92. The Morgan fingerprint density at radius 2 is 2.03 bits per heavy atom. The van der Waals surface area contributed by atoms with E-state index in [0.717, 1.165) is 5.56 Å². The molecule has 0 atom stereocenters. The summed E-state index contributed by atoms with van der Waals surface area (Å²) in [5.41, 5.74) is 2.47. The number of likely N-dealkylation sites (tertiary alicyclic amines) is 1. The van der Waals surface area contributed by atoms with Crippen molar-refractivity contribution in [3.8, 4) is 22.7 Å². The Morgan fingerprint density at radius 3 is 2.67 bits per heavy atom. The molecule has 4 aromatic rings. The number of carbonyl (C=O) groups excluding carboxylic acids is 2. The zero-order chi connectivity index (χ0) is 25.7. The van der Waals surface area contributed by atoms with Crippen molar-refractivity contribution in [2.24, 2.45) is 5.92 Å². The van der Waals surface area contributed by atoms with Crippen molar-refractivity contribution >= 4 is 24.0 Å². The van der Waals surface area contributed by atoms with Crippen molar-refractivity contribution in [2.75, 3.05) is 18.4 Å². The Morgan fingerprint density at radius 1 is 1.25 bits per heavy atom. The number of nitrogens with one attached hydrogen (secondary N) is 2. The van der Waals surface area contributed by atoms with Crippen molar-refractivity contribution in [3.05, 3.63) is 60.9 Å². The lowest BCUT2D eigenvalue weighted by Gasteiger charge is -2.40. The molecule has 0 saturated carbocycles. The highest BCUT2D eigenvalue weighted by Crippen LogP contribution is 2.30. The van der Waals surface area contributed by atoms with Crippen LogP contribution in [-0.2, 0) is 9.59 Å². The predicted molar refractivity (Wildman–Crippen MR) is 129 cm³/mol. The van der Waals surface area contributed by atoms with E-state index in [4.69, 9.17) is 19.4 Å². The number of hydrogen-bond donors (Lipinski definition) is 3. The molecule has 0 aromatic carbocycles. The number of carboxylic acid groups (broad SMARTS) is 1. The third-order valence-corrected chi connectivity index (χ3v) is 5.54. The van der Waals surface area contributed by atoms with Crippen LogP contribution in [0.2, 0.25) is 0 Å². The zero-order valence-electron chi connectivity index (χ0n) is 19.7. The first-order chi connectivity index (χ1) is 17.4. The highest BCUT2D eigenvalue weighted by Gasteiger charge is 2.34. The third kappa shape index (κ3) is 5.17. The minimum absolute atomic E-state index is 0.0390. The number of pyridine rings is 1. The lowest BCUT2D eigenvalue weighted by molar-refractivity contribution is -0.140. The molecule has 12 nitrogen and oxygen atoms in total. The third-order valence-electron chi connectivity index (χ3n) is 5.54. The molecule has 36 heavy (non-hydrogen) atoms. The largest absolute Gasteiger partial charge is 0.483 e. The number of aromatic amines is 1. The van der Waals surface area contributed by atoms with Crippen molar-refractivity contribution in [1.29, 1.82) is 0 Å². The van der Waals surface area contributed by atoms with Gasteiger partial charge in [-0.3, -0.25) is 29.1 Å². The molecule has 2 amide bonds. The highest BCUT2D eigenvalue weighted by molar-refractivity contribution is 6.04. The van der Waals surface area contributed by atoms with E-state index in [1.807, 2.05) is 36.9 Å². The number of amides is 2. The van der Waals surface area contributed by atoms with E-state index < -0.39 is 5.91 Å². The summed E-state index contributed by atoms with van der Waals surface area (Å²) in [6.45, 7) is 4.70. The lowest BCUT2D eigenvalue weighted by atomic mass is 10.1. The van der Waals surface area contributed by atoms with Gasteiger partial charge in [0.25, 0.3) is 12.4 Å². The highest BCUT2D eigenvalue weighted by atomic mass is 16.4. The lowest BCUT2D eigenvalue weighted by Crippen LogP contribution is -2.52. The normalized spacial score (nSPS) is 13.0. The number of furan rings is 1. The van der Waals surface area contributed by atoms with Gasteiger partial charge < -0.3 is 19.7 Å². The molecule has 0 bridgehead atoms. The Hall–Kier alpha value is -4.74. The van der Waals surface area contributed by atoms with Crippen LogP contribution in [0.3, 0.4) is 0 Å². The van der Waals surface area contributed by atoms with Gasteiger partial charge in [0.15, 0.2) is 5.76 Å². The van der Waals surface area contributed by atoms with Crippen molar-refractivity contribution < 1.29 is 23.9 Å². The van der Waals surface area contributed by atoms with Crippen LogP contribution < -0.4 is 5.32 Å². The van der Waals surface area contributed by atoms with E-state index in [1.165, 1.54) is 0 Å². The second-order valence-electron chi connectivity index (χ2n) is 8.35. The Labute approximate surface area is 205 Å². The fourth-order valence-electron chi connectivity index (χ4n) is 3.71. The SMILES string of the molecule is CC(C)C(=O)N1CC(n2cc(NC(=O)c3ccc(-c4cn[nH]c4)o3)c(-c3ccccn3)n2)C1.O=CO.